The summed E-state index contributed by atoms with van der Waals surface area (Å²) in [6.07, 6.45) is 33.3. The van der Waals surface area contributed by atoms with Gasteiger partial charge in [-0.2, -0.15) is 0 Å². The number of hydrogen-bond donors (Lipinski definition) is 0. The van der Waals surface area contributed by atoms with E-state index < -0.39 is 6.16 Å². The summed E-state index contributed by atoms with van der Waals surface area (Å²) in [5.74, 6) is -0.174. The topological polar surface area (TPSA) is 65.1 Å². The van der Waals surface area contributed by atoms with E-state index in [9.17, 15) is 9.59 Å². The van der Waals surface area contributed by atoms with E-state index in [2.05, 4.69) is 30.9 Å². The minimum absolute atomic E-state index is 0.0198. The van der Waals surface area contributed by atoms with Gasteiger partial charge in [0.15, 0.2) is 0 Å². The summed E-state index contributed by atoms with van der Waals surface area (Å²) < 4.78 is 16.6. The predicted molar refractivity (Wildman–Crippen MR) is 186 cm³/mol. The normalized spacial score (nSPS) is 13.0. The highest BCUT2D eigenvalue weighted by Gasteiger charge is 2.15. The smallest absolute Gasteiger partial charge is 0.462 e. The zero-order chi connectivity index (χ0) is 32.5. The van der Waals surface area contributed by atoms with Crippen molar-refractivity contribution in [1.29, 1.82) is 0 Å². The van der Waals surface area contributed by atoms with Crippen LogP contribution in [0.25, 0.3) is 0 Å². The number of ether oxygens (including phenoxy) is 3. The zero-order valence-corrected chi connectivity index (χ0v) is 29.9. The van der Waals surface area contributed by atoms with E-state index in [1.165, 1.54) is 110 Å². The summed E-state index contributed by atoms with van der Waals surface area (Å²) in [4.78, 5) is 25.8. The second kappa shape index (κ2) is 32.8. The van der Waals surface area contributed by atoms with Crippen LogP contribution < -0.4 is 0 Å². The number of rotatable bonds is 32. The summed E-state index contributed by atoms with van der Waals surface area (Å²) in [6.45, 7) is 7.31. The number of nitrogens with zero attached hydrogens (tertiary/aromatic N) is 1. The van der Waals surface area contributed by atoms with Gasteiger partial charge in [-0.1, -0.05) is 122 Å². The Bertz CT molecular complexity index is 666. The van der Waals surface area contributed by atoms with Crippen LogP contribution in [0.1, 0.15) is 181 Å². The molecule has 0 aromatic heterocycles. The van der Waals surface area contributed by atoms with Crippen molar-refractivity contribution in [2.24, 2.45) is 0 Å². The van der Waals surface area contributed by atoms with Gasteiger partial charge in [0.1, 0.15) is 12.2 Å². The highest BCUT2D eigenvalue weighted by Crippen LogP contribution is 2.18. The molecule has 260 valence electrons. The van der Waals surface area contributed by atoms with E-state index in [4.69, 9.17) is 14.2 Å². The van der Waals surface area contributed by atoms with E-state index in [0.29, 0.717) is 6.61 Å². The van der Waals surface area contributed by atoms with Crippen LogP contribution in [0.4, 0.5) is 4.79 Å². The van der Waals surface area contributed by atoms with Gasteiger partial charge in [-0.05, 0) is 71.9 Å². The maximum absolute atomic E-state index is 12.3. The molecule has 0 N–H and O–H groups in total. The molecule has 0 aliphatic rings. The lowest BCUT2D eigenvalue weighted by Gasteiger charge is -2.18. The first-order valence-corrected chi connectivity index (χ1v) is 18.7. The molecule has 2 unspecified atom stereocenters. The molecule has 6 heteroatoms. The summed E-state index contributed by atoms with van der Waals surface area (Å²) in [7, 11) is 4.05. The first-order valence-electron chi connectivity index (χ1n) is 18.7. The highest BCUT2D eigenvalue weighted by molar-refractivity contribution is 5.66. The molecule has 0 aromatic rings. The fourth-order valence-corrected chi connectivity index (χ4v) is 5.62. The van der Waals surface area contributed by atoms with E-state index >= 15 is 0 Å². The molecule has 6 nitrogen and oxygen atoms in total. The second-order valence-electron chi connectivity index (χ2n) is 13.1. The van der Waals surface area contributed by atoms with Crippen molar-refractivity contribution in [3.8, 4) is 0 Å². The Morgan fingerprint density at radius 3 is 1.59 bits per heavy atom. The van der Waals surface area contributed by atoms with Gasteiger partial charge in [0.25, 0.3) is 0 Å². The van der Waals surface area contributed by atoms with Gasteiger partial charge in [0.05, 0.1) is 6.61 Å². The van der Waals surface area contributed by atoms with Crippen molar-refractivity contribution < 1.29 is 23.8 Å². The third-order valence-electron chi connectivity index (χ3n) is 8.29. The van der Waals surface area contributed by atoms with Crippen LogP contribution in [0.2, 0.25) is 0 Å². The number of hydrogen-bond acceptors (Lipinski definition) is 6. The van der Waals surface area contributed by atoms with Gasteiger partial charge in [0, 0.05) is 19.9 Å². The molecular formula is C38H73NO5. The number of allylic oxidation sites excluding steroid dienone is 1. The first kappa shape index (κ1) is 42.4. The molecule has 0 aromatic carbocycles. The Morgan fingerprint density at radius 1 is 0.591 bits per heavy atom. The number of carbonyl (C=O) groups is 2. The minimum atomic E-state index is -0.496. The van der Waals surface area contributed by atoms with Gasteiger partial charge in [-0.15, -0.1) is 0 Å². The second-order valence-corrected chi connectivity index (χ2v) is 13.1. The fraction of sp³-hybridized carbons (Fsp3) is 0.895. The highest BCUT2D eigenvalue weighted by atomic mass is 16.7. The molecule has 0 aliphatic carbocycles. The fourth-order valence-electron chi connectivity index (χ4n) is 5.62. The van der Waals surface area contributed by atoms with Gasteiger partial charge in [0.2, 0.25) is 0 Å². The number of unbranched alkanes of at least 4 members (excludes halogenated alkanes) is 17. The zero-order valence-electron chi connectivity index (χ0n) is 29.9. The van der Waals surface area contributed by atoms with Crippen LogP contribution in [0.5, 0.6) is 0 Å². The monoisotopic (exact) mass is 624 g/mol. The quantitative estimate of drug-likeness (QED) is 0.0422. The summed E-state index contributed by atoms with van der Waals surface area (Å²) in [5.41, 5.74) is 0. The first-order chi connectivity index (χ1) is 21.4. The Hall–Kier alpha value is -1.56. The Balaban J connectivity index is 4.22. The maximum Gasteiger partial charge on any atom is 0.508 e. The van der Waals surface area contributed by atoms with Crippen LogP contribution in [-0.4, -0.2) is 56.5 Å². The third kappa shape index (κ3) is 31.9. The van der Waals surface area contributed by atoms with Crippen LogP contribution in [0.15, 0.2) is 12.2 Å². The molecule has 0 radical (unpaired) electrons. The largest absolute Gasteiger partial charge is 0.508 e. The molecule has 2 atom stereocenters. The molecule has 0 saturated carbocycles. The van der Waals surface area contributed by atoms with Crippen molar-refractivity contribution in [1.82, 2.24) is 4.90 Å². The van der Waals surface area contributed by atoms with Crippen molar-refractivity contribution in [3.63, 3.8) is 0 Å². The van der Waals surface area contributed by atoms with Crippen LogP contribution in [0, 0.1) is 0 Å². The lowest BCUT2D eigenvalue weighted by molar-refractivity contribution is -0.146. The average molecular weight is 624 g/mol. The molecule has 0 aliphatic heterocycles. The molecule has 0 amide bonds. The van der Waals surface area contributed by atoms with E-state index in [-0.39, 0.29) is 18.2 Å². The van der Waals surface area contributed by atoms with Crippen molar-refractivity contribution in [2.45, 2.75) is 193 Å². The van der Waals surface area contributed by atoms with Crippen molar-refractivity contribution in [2.75, 3.05) is 27.2 Å². The van der Waals surface area contributed by atoms with E-state index in [0.717, 1.165) is 64.3 Å². The molecule has 0 saturated heterocycles. The lowest BCUT2D eigenvalue weighted by atomic mass is 10.0. The number of carbonyl (C=O) groups excluding carboxylic acids is 2. The lowest BCUT2D eigenvalue weighted by Crippen LogP contribution is -2.21. The standard InChI is InChI=1S/C38H73NO5/c1-6-8-10-12-13-14-15-18-22-26-31-37(44-38(41)42-34-28-33-39(4)5)32-27-23-20-17-16-19-21-25-30-36(43-35(3)40)29-24-11-9-7-2/h21,25,36-37H,6-20,22-24,26-34H2,1-5H3. The molecule has 0 fully saturated rings. The van der Waals surface area contributed by atoms with Crippen LogP contribution in [-0.2, 0) is 19.0 Å². The molecule has 0 bridgehead atoms. The third-order valence-corrected chi connectivity index (χ3v) is 8.29. The maximum atomic E-state index is 12.3. The van der Waals surface area contributed by atoms with Gasteiger partial charge >= 0.3 is 12.1 Å². The SMILES string of the molecule is CCCCCCCCCCCCC(CCCCCCCC=CCC(CCCCCC)OC(C)=O)OC(=O)OCCCN(C)C. The molecule has 0 rings (SSSR count). The molecular weight excluding hydrogens is 550 g/mol. The van der Waals surface area contributed by atoms with Gasteiger partial charge in [-0.25, -0.2) is 4.79 Å². The molecule has 44 heavy (non-hydrogen) atoms. The summed E-state index contributed by atoms with van der Waals surface area (Å²) >= 11 is 0. The molecule has 0 heterocycles. The predicted octanol–water partition coefficient (Wildman–Crippen LogP) is 11.3. The van der Waals surface area contributed by atoms with Crippen molar-refractivity contribution in [3.05, 3.63) is 12.2 Å². The summed E-state index contributed by atoms with van der Waals surface area (Å²) in [6, 6.07) is 0. The van der Waals surface area contributed by atoms with Crippen LogP contribution in [0.3, 0.4) is 0 Å². The van der Waals surface area contributed by atoms with E-state index in [1.807, 2.05) is 14.1 Å². The van der Waals surface area contributed by atoms with E-state index in [1.54, 1.807) is 0 Å². The van der Waals surface area contributed by atoms with Gasteiger partial charge in [-0.3, -0.25) is 4.79 Å². The molecule has 0 spiro atoms. The van der Waals surface area contributed by atoms with Crippen molar-refractivity contribution >= 4 is 12.1 Å². The average Bonchev–Trinajstić information content (AvgIpc) is 2.98. The Morgan fingerprint density at radius 2 is 1.07 bits per heavy atom. The number of esters is 1. The Labute approximate surface area is 273 Å². The van der Waals surface area contributed by atoms with Crippen LogP contribution >= 0.6 is 0 Å². The van der Waals surface area contributed by atoms with Gasteiger partial charge < -0.3 is 19.1 Å². The summed E-state index contributed by atoms with van der Waals surface area (Å²) in [5, 5.41) is 0. The minimum Gasteiger partial charge on any atom is -0.462 e. The Kier molecular flexibility index (Phi) is 31.7.